The second-order valence-corrected chi connectivity index (χ2v) is 8.09. The van der Waals surface area contributed by atoms with Gasteiger partial charge >= 0.3 is 6.03 Å². The van der Waals surface area contributed by atoms with Gasteiger partial charge in [0, 0.05) is 19.0 Å². The summed E-state index contributed by atoms with van der Waals surface area (Å²) in [5.74, 6) is 0.508. The van der Waals surface area contributed by atoms with Crippen LogP contribution in [0.2, 0.25) is 0 Å². The Morgan fingerprint density at radius 3 is 2.80 bits per heavy atom. The molecule has 0 atom stereocenters. The lowest BCUT2D eigenvalue weighted by Crippen LogP contribution is -2.44. The molecule has 0 bridgehead atoms. The van der Waals surface area contributed by atoms with E-state index in [0.717, 1.165) is 41.5 Å². The molecular weight excluding hydrogens is 316 g/mol. The summed E-state index contributed by atoms with van der Waals surface area (Å²) in [4.78, 5) is 14.2. The summed E-state index contributed by atoms with van der Waals surface area (Å²) < 4.78 is 5.96. The molecule has 0 saturated heterocycles. The van der Waals surface area contributed by atoms with Gasteiger partial charge < -0.3 is 15.0 Å². The maximum Gasteiger partial charge on any atom is 0.321 e. The topological polar surface area (TPSA) is 70.2 Å². The number of rotatable bonds is 4. The average molecular weight is 344 g/mol. The van der Waals surface area contributed by atoms with Crippen LogP contribution in [0.3, 0.4) is 0 Å². The highest BCUT2D eigenvalue weighted by atomic mass is 16.5. The largest absolute Gasteiger partial charge is 0.373 e. The van der Waals surface area contributed by atoms with E-state index in [1.54, 1.807) is 11.1 Å². The fraction of sp³-hybridized carbons (Fsp3) is 0.579. The number of nitrogens with zero attached hydrogens (tertiary/aromatic N) is 2. The maximum absolute atomic E-state index is 12.5. The van der Waals surface area contributed by atoms with Crippen molar-refractivity contribution in [1.29, 1.82) is 0 Å². The number of urea groups is 1. The molecule has 0 aliphatic heterocycles. The molecule has 6 nitrogen and oxygen atoms in total. The molecule has 6 heteroatoms. The zero-order chi connectivity index (χ0) is 18.2. The number of carbonyl (C=O) groups excluding carboxylic acids is 1. The Hall–Kier alpha value is -2.08. The predicted octanol–water partition coefficient (Wildman–Crippen LogP) is 3.93. The number of aromatic nitrogens is 2. The molecule has 1 aromatic heterocycles. The van der Waals surface area contributed by atoms with Crippen molar-refractivity contribution in [2.24, 2.45) is 5.92 Å². The van der Waals surface area contributed by atoms with Crippen LogP contribution >= 0.6 is 0 Å². The Morgan fingerprint density at radius 2 is 2.12 bits per heavy atom. The molecule has 1 fully saturated rings. The number of nitrogens with one attached hydrogen (secondary N) is 2. The molecule has 0 spiro atoms. The number of aromatic amines is 1. The summed E-state index contributed by atoms with van der Waals surface area (Å²) in [6, 6.07) is 3.81. The minimum atomic E-state index is -0.0974. The Morgan fingerprint density at radius 1 is 1.40 bits per heavy atom. The van der Waals surface area contributed by atoms with Crippen LogP contribution in [0.1, 0.15) is 39.2 Å². The van der Waals surface area contributed by atoms with E-state index >= 15 is 0 Å². The molecule has 136 valence electrons. The lowest BCUT2D eigenvalue weighted by molar-refractivity contribution is -0.113. The van der Waals surface area contributed by atoms with Gasteiger partial charge in [-0.15, -0.1) is 0 Å². The highest BCUT2D eigenvalue weighted by molar-refractivity contribution is 6.00. The van der Waals surface area contributed by atoms with Crippen molar-refractivity contribution >= 4 is 22.6 Å². The first kappa shape index (κ1) is 17.7. The number of hydrogen-bond donors (Lipinski definition) is 2. The second-order valence-electron chi connectivity index (χ2n) is 8.09. The third-order valence-corrected chi connectivity index (χ3v) is 4.67. The van der Waals surface area contributed by atoms with E-state index in [4.69, 9.17) is 4.74 Å². The van der Waals surface area contributed by atoms with Crippen LogP contribution in [0.15, 0.2) is 18.3 Å². The van der Waals surface area contributed by atoms with Gasteiger partial charge in [-0.2, -0.15) is 5.10 Å². The van der Waals surface area contributed by atoms with E-state index in [1.807, 2.05) is 26.1 Å². The van der Waals surface area contributed by atoms with Crippen molar-refractivity contribution in [3.63, 3.8) is 0 Å². The smallest absolute Gasteiger partial charge is 0.321 e. The molecular formula is C19H28N4O2. The molecule has 1 aromatic carbocycles. The molecule has 0 unspecified atom stereocenters. The van der Waals surface area contributed by atoms with Gasteiger partial charge in [0.05, 0.1) is 29.1 Å². The first-order valence-electron chi connectivity index (χ1n) is 8.85. The van der Waals surface area contributed by atoms with Crippen LogP contribution in [-0.2, 0) is 4.74 Å². The summed E-state index contributed by atoms with van der Waals surface area (Å²) >= 11 is 0. The van der Waals surface area contributed by atoms with Crippen LogP contribution < -0.4 is 5.32 Å². The molecule has 2 aromatic rings. The second kappa shape index (κ2) is 6.67. The van der Waals surface area contributed by atoms with Crippen molar-refractivity contribution in [2.75, 3.05) is 18.9 Å². The van der Waals surface area contributed by atoms with E-state index in [0.29, 0.717) is 12.0 Å². The van der Waals surface area contributed by atoms with E-state index in [-0.39, 0.29) is 11.6 Å². The zero-order valence-corrected chi connectivity index (χ0v) is 15.7. The van der Waals surface area contributed by atoms with Gasteiger partial charge in [-0.25, -0.2) is 4.79 Å². The molecule has 25 heavy (non-hydrogen) atoms. The lowest BCUT2D eigenvalue weighted by Gasteiger charge is -2.40. The summed E-state index contributed by atoms with van der Waals surface area (Å²) in [5, 5.41) is 11.1. The summed E-state index contributed by atoms with van der Waals surface area (Å²) in [6.07, 6.45) is 4.14. The number of H-pyrrole nitrogens is 1. The number of carbonyl (C=O) groups is 1. The highest BCUT2D eigenvalue weighted by Crippen LogP contribution is 2.33. The minimum Gasteiger partial charge on any atom is -0.373 e. The van der Waals surface area contributed by atoms with E-state index in [9.17, 15) is 4.79 Å². The molecule has 1 saturated carbocycles. The zero-order valence-electron chi connectivity index (χ0n) is 15.7. The van der Waals surface area contributed by atoms with E-state index < -0.39 is 0 Å². The van der Waals surface area contributed by atoms with Crippen LogP contribution in [0.4, 0.5) is 10.5 Å². The third kappa shape index (κ3) is 4.12. The first-order chi connectivity index (χ1) is 11.7. The number of fused-ring (bicyclic) bond motifs is 1. The molecule has 0 radical (unpaired) electrons. The van der Waals surface area contributed by atoms with Crippen molar-refractivity contribution in [1.82, 2.24) is 15.1 Å². The third-order valence-electron chi connectivity index (χ3n) is 4.67. The van der Waals surface area contributed by atoms with Gasteiger partial charge in [-0.05, 0) is 58.1 Å². The Balaban J connectivity index is 1.53. The average Bonchev–Trinajstić information content (AvgIpc) is 2.97. The quantitative estimate of drug-likeness (QED) is 0.883. The predicted molar refractivity (Wildman–Crippen MR) is 99.8 cm³/mol. The molecule has 3 rings (SSSR count). The van der Waals surface area contributed by atoms with Gasteiger partial charge in [-0.1, -0.05) is 6.07 Å². The van der Waals surface area contributed by atoms with Crippen LogP contribution in [0.5, 0.6) is 0 Å². The molecule has 1 heterocycles. The number of aryl methyl sites for hydroxylation is 1. The number of amides is 2. The number of hydrogen-bond acceptors (Lipinski definition) is 3. The molecule has 2 amide bonds. The highest BCUT2D eigenvalue weighted by Gasteiger charge is 2.34. The Kier molecular flexibility index (Phi) is 4.73. The van der Waals surface area contributed by atoms with Crippen molar-refractivity contribution in [3.05, 3.63) is 23.9 Å². The van der Waals surface area contributed by atoms with Crippen LogP contribution in [-0.4, -0.2) is 46.4 Å². The van der Waals surface area contributed by atoms with Crippen LogP contribution in [0, 0.1) is 12.8 Å². The maximum atomic E-state index is 12.5. The molecule has 1 aliphatic rings. The van der Waals surface area contributed by atoms with Gasteiger partial charge in [0.2, 0.25) is 0 Å². The lowest BCUT2D eigenvalue weighted by atomic mass is 9.81. The first-order valence-corrected chi connectivity index (χ1v) is 8.85. The minimum absolute atomic E-state index is 0.0973. The monoisotopic (exact) mass is 344 g/mol. The van der Waals surface area contributed by atoms with Crippen LogP contribution in [0.25, 0.3) is 10.9 Å². The Bertz CT molecular complexity index is 756. The standard InChI is InChI=1S/C19H28N4O2/c1-12-6-7-16(17-15(12)10-20-22-17)21-18(24)23(5)11-13-8-14(9-13)25-19(2,3)4/h6-7,10,13-14H,8-9,11H2,1-5H3,(H,20,22)(H,21,24). The van der Waals surface area contributed by atoms with E-state index in [1.165, 1.54) is 0 Å². The number of anilines is 1. The fourth-order valence-corrected chi connectivity index (χ4v) is 3.38. The van der Waals surface area contributed by atoms with Gasteiger partial charge in [-0.3, -0.25) is 5.10 Å². The number of ether oxygens (including phenoxy) is 1. The summed E-state index contributed by atoms with van der Waals surface area (Å²) in [5.41, 5.74) is 2.66. The van der Waals surface area contributed by atoms with Gasteiger partial charge in [0.15, 0.2) is 0 Å². The van der Waals surface area contributed by atoms with Crippen molar-refractivity contribution in [2.45, 2.75) is 52.2 Å². The SMILES string of the molecule is Cc1ccc(NC(=O)N(C)CC2CC(OC(C)(C)C)C2)c2[nH]ncc12. The summed E-state index contributed by atoms with van der Waals surface area (Å²) in [6.45, 7) is 9.02. The molecule has 1 aliphatic carbocycles. The normalized spacial score (nSPS) is 20.4. The van der Waals surface area contributed by atoms with Crippen molar-refractivity contribution < 1.29 is 9.53 Å². The van der Waals surface area contributed by atoms with Gasteiger partial charge in [0.25, 0.3) is 0 Å². The Labute approximate surface area is 148 Å². The van der Waals surface area contributed by atoms with E-state index in [2.05, 4.69) is 36.3 Å². The van der Waals surface area contributed by atoms with Gasteiger partial charge in [0.1, 0.15) is 0 Å². The molecule has 2 N–H and O–H groups in total. The fourth-order valence-electron chi connectivity index (χ4n) is 3.38. The van der Waals surface area contributed by atoms with Crippen molar-refractivity contribution in [3.8, 4) is 0 Å². The number of benzene rings is 1. The summed E-state index contributed by atoms with van der Waals surface area (Å²) in [7, 11) is 1.84.